The molecule has 2 atom stereocenters. The summed E-state index contributed by atoms with van der Waals surface area (Å²) in [5, 5.41) is 12.4. The van der Waals surface area contributed by atoms with E-state index < -0.39 is 6.10 Å². The first kappa shape index (κ1) is 8.73. The van der Waals surface area contributed by atoms with Gasteiger partial charge in [0.1, 0.15) is 6.04 Å². The van der Waals surface area contributed by atoms with Gasteiger partial charge in [0.05, 0.1) is 17.5 Å². The van der Waals surface area contributed by atoms with Crippen molar-refractivity contribution in [2.24, 2.45) is 0 Å². The summed E-state index contributed by atoms with van der Waals surface area (Å²) in [6, 6.07) is 7.49. The lowest BCUT2D eigenvalue weighted by molar-refractivity contribution is -0.117. The molecular weight excluding hydrogens is 192 g/mol. The van der Waals surface area contributed by atoms with Crippen LogP contribution in [0.25, 0.3) is 0 Å². The number of hydrogen-bond acceptors (Lipinski definition) is 3. The molecule has 1 aromatic rings. The average molecular weight is 204 g/mol. The van der Waals surface area contributed by atoms with Gasteiger partial charge in [-0.1, -0.05) is 12.1 Å². The van der Waals surface area contributed by atoms with Gasteiger partial charge in [-0.3, -0.25) is 4.79 Å². The molecule has 78 valence electrons. The molecule has 0 aliphatic carbocycles. The molecule has 0 bridgehead atoms. The Morgan fingerprint density at radius 2 is 2.20 bits per heavy atom. The van der Waals surface area contributed by atoms with E-state index in [1.807, 2.05) is 29.2 Å². The highest BCUT2D eigenvalue weighted by Crippen LogP contribution is 2.36. The zero-order valence-electron chi connectivity index (χ0n) is 8.18. The van der Waals surface area contributed by atoms with Gasteiger partial charge in [0, 0.05) is 13.0 Å². The van der Waals surface area contributed by atoms with Crippen molar-refractivity contribution in [2.75, 3.05) is 16.8 Å². The normalized spacial score (nSPS) is 28.3. The summed E-state index contributed by atoms with van der Waals surface area (Å²) >= 11 is 0. The van der Waals surface area contributed by atoms with Crippen LogP contribution in [0.1, 0.15) is 6.42 Å². The van der Waals surface area contributed by atoms with Gasteiger partial charge >= 0.3 is 0 Å². The molecule has 1 fully saturated rings. The van der Waals surface area contributed by atoms with E-state index in [-0.39, 0.29) is 11.9 Å². The number of amides is 1. The number of hydrogen-bond donors (Lipinski definition) is 2. The fourth-order valence-corrected chi connectivity index (χ4v) is 2.37. The highest BCUT2D eigenvalue weighted by molar-refractivity contribution is 6.04. The molecule has 15 heavy (non-hydrogen) atoms. The van der Waals surface area contributed by atoms with Crippen molar-refractivity contribution in [3.63, 3.8) is 0 Å². The van der Waals surface area contributed by atoms with Gasteiger partial charge < -0.3 is 15.3 Å². The first-order valence-corrected chi connectivity index (χ1v) is 5.10. The minimum Gasteiger partial charge on any atom is -0.391 e. The molecule has 1 saturated heterocycles. The Labute approximate surface area is 87.5 Å². The maximum Gasteiger partial charge on any atom is 0.247 e. The van der Waals surface area contributed by atoms with Crippen molar-refractivity contribution in [1.82, 2.24) is 0 Å². The summed E-state index contributed by atoms with van der Waals surface area (Å²) in [5.74, 6) is -0.00903. The maximum absolute atomic E-state index is 11.7. The van der Waals surface area contributed by atoms with Crippen LogP contribution < -0.4 is 10.2 Å². The van der Waals surface area contributed by atoms with Crippen LogP contribution in [0.5, 0.6) is 0 Å². The quantitative estimate of drug-likeness (QED) is 0.650. The predicted molar refractivity (Wildman–Crippen MR) is 56.8 cm³/mol. The highest BCUT2D eigenvalue weighted by atomic mass is 16.3. The summed E-state index contributed by atoms with van der Waals surface area (Å²) < 4.78 is 0. The first-order valence-electron chi connectivity index (χ1n) is 5.10. The molecule has 0 aromatic heterocycles. The number of anilines is 2. The molecule has 0 unspecified atom stereocenters. The number of nitrogens with one attached hydrogen (secondary N) is 1. The summed E-state index contributed by atoms with van der Waals surface area (Å²) in [6.45, 7) is 0.551. The van der Waals surface area contributed by atoms with E-state index in [0.717, 1.165) is 11.4 Å². The zero-order valence-corrected chi connectivity index (χ0v) is 8.18. The summed E-state index contributed by atoms with van der Waals surface area (Å²) in [5.41, 5.74) is 1.85. The molecule has 1 amide bonds. The van der Waals surface area contributed by atoms with E-state index in [0.29, 0.717) is 13.0 Å². The third kappa shape index (κ3) is 1.22. The number of rotatable bonds is 0. The van der Waals surface area contributed by atoms with Crippen LogP contribution in [0.3, 0.4) is 0 Å². The predicted octanol–water partition coefficient (Wildman–Crippen LogP) is 0.578. The van der Waals surface area contributed by atoms with Crippen molar-refractivity contribution in [3.05, 3.63) is 24.3 Å². The summed E-state index contributed by atoms with van der Waals surface area (Å²) in [4.78, 5) is 13.7. The molecule has 4 heteroatoms. The summed E-state index contributed by atoms with van der Waals surface area (Å²) in [6.07, 6.45) is 0.132. The van der Waals surface area contributed by atoms with E-state index in [2.05, 4.69) is 5.32 Å². The molecule has 4 nitrogen and oxygen atoms in total. The highest BCUT2D eigenvalue weighted by Gasteiger charge is 2.39. The van der Waals surface area contributed by atoms with Crippen molar-refractivity contribution >= 4 is 17.3 Å². The fourth-order valence-electron chi connectivity index (χ4n) is 2.37. The third-order valence-corrected chi connectivity index (χ3v) is 3.05. The van der Waals surface area contributed by atoms with Crippen molar-refractivity contribution in [2.45, 2.75) is 18.6 Å². The van der Waals surface area contributed by atoms with Gasteiger partial charge in [0.2, 0.25) is 5.91 Å². The van der Waals surface area contributed by atoms with Crippen LogP contribution in [0.15, 0.2) is 24.3 Å². The van der Waals surface area contributed by atoms with E-state index in [4.69, 9.17) is 0 Å². The van der Waals surface area contributed by atoms with Crippen molar-refractivity contribution in [1.29, 1.82) is 0 Å². The van der Waals surface area contributed by atoms with Gasteiger partial charge in [-0.05, 0) is 12.1 Å². The Kier molecular flexibility index (Phi) is 1.73. The minimum absolute atomic E-state index is 0.00903. The largest absolute Gasteiger partial charge is 0.391 e. The van der Waals surface area contributed by atoms with E-state index in [1.165, 1.54) is 0 Å². The minimum atomic E-state index is -0.396. The first-order chi connectivity index (χ1) is 7.25. The van der Waals surface area contributed by atoms with Gasteiger partial charge in [-0.2, -0.15) is 0 Å². The molecule has 2 heterocycles. The number of carbonyl (C=O) groups is 1. The van der Waals surface area contributed by atoms with Crippen LogP contribution in [0.4, 0.5) is 11.4 Å². The SMILES string of the molecule is O=C1Nc2ccccc2N2C[C@@H](O)C[C@H]12. The molecule has 2 N–H and O–H groups in total. The number of aliphatic hydroxyl groups is 1. The Morgan fingerprint density at radius 3 is 3.07 bits per heavy atom. The number of aliphatic hydroxyl groups excluding tert-OH is 1. The van der Waals surface area contributed by atoms with Crippen LogP contribution in [0.2, 0.25) is 0 Å². The number of para-hydroxylation sites is 2. The van der Waals surface area contributed by atoms with Crippen molar-refractivity contribution < 1.29 is 9.90 Å². The average Bonchev–Trinajstić information content (AvgIpc) is 2.61. The van der Waals surface area contributed by atoms with E-state index >= 15 is 0 Å². The summed E-state index contributed by atoms with van der Waals surface area (Å²) in [7, 11) is 0. The number of carbonyl (C=O) groups excluding carboxylic acids is 1. The third-order valence-electron chi connectivity index (χ3n) is 3.05. The standard InChI is InChI=1S/C11H12N2O2/c14-7-5-10-11(15)12-8-3-1-2-4-9(8)13(10)6-7/h1-4,7,10,14H,5-6H2,(H,12,15)/t7-,10+/m0/s1. The van der Waals surface area contributed by atoms with Gasteiger partial charge in [-0.25, -0.2) is 0 Å². The lowest BCUT2D eigenvalue weighted by Gasteiger charge is -2.32. The molecular formula is C11H12N2O2. The smallest absolute Gasteiger partial charge is 0.247 e. The second-order valence-corrected chi connectivity index (χ2v) is 4.06. The molecule has 3 rings (SSSR count). The van der Waals surface area contributed by atoms with E-state index in [9.17, 15) is 9.90 Å². The second kappa shape index (κ2) is 2.97. The van der Waals surface area contributed by atoms with E-state index in [1.54, 1.807) is 0 Å². The zero-order chi connectivity index (χ0) is 10.4. The van der Waals surface area contributed by atoms with Gasteiger partial charge in [0.15, 0.2) is 0 Å². The lowest BCUT2D eigenvalue weighted by atomic mass is 10.1. The number of nitrogens with zero attached hydrogens (tertiary/aromatic N) is 1. The number of fused-ring (bicyclic) bond motifs is 3. The van der Waals surface area contributed by atoms with Crippen LogP contribution in [-0.2, 0) is 4.79 Å². The number of benzene rings is 1. The van der Waals surface area contributed by atoms with Gasteiger partial charge in [-0.15, -0.1) is 0 Å². The van der Waals surface area contributed by atoms with Crippen LogP contribution in [-0.4, -0.2) is 29.7 Å². The molecule has 0 radical (unpaired) electrons. The van der Waals surface area contributed by atoms with Crippen LogP contribution >= 0.6 is 0 Å². The molecule has 2 aliphatic heterocycles. The lowest BCUT2D eigenvalue weighted by Crippen LogP contribution is -2.43. The molecule has 0 spiro atoms. The monoisotopic (exact) mass is 204 g/mol. The Balaban J connectivity index is 2.08. The Morgan fingerprint density at radius 1 is 1.40 bits per heavy atom. The molecule has 0 saturated carbocycles. The molecule has 2 aliphatic rings. The maximum atomic E-state index is 11.7. The van der Waals surface area contributed by atoms with Gasteiger partial charge in [0.25, 0.3) is 0 Å². The van der Waals surface area contributed by atoms with Crippen LogP contribution in [0, 0.1) is 0 Å². The Bertz CT molecular complexity index is 419. The fraction of sp³-hybridized carbons (Fsp3) is 0.364. The molecule has 1 aromatic carbocycles. The topological polar surface area (TPSA) is 52.6 Å². The Hall–Kier alpha value is -1.55. The van der Waals surface area contributed by atoms with Crippen molar-refractivity contribution in [3.8, 4) is 0 Å². The second-order valence-electron chi connectivity index (χ2n) is 4.06.